The van der Waals surface area contributed by atoms with Crippen molar-refractivity contribution in [3.63, 3.8) is 0 Å². The molecule has 0 aliphatic heterocycles. The molecule has 0 aromatic carbocycles. The van der Waals surface area contributed by atoms with Crippen molar-refractivity contribution < 1.29 is 237 Å². The SMILES string of the molecule is CC.CC(=O)[O-].CC(C)[NH3+].CC(C)[NH3+].CC(C)[NH3+].CCC(C)(C)[NH3+].CCC(C)(C)[NH3+].CCC(C)(C)[NH3+].CCC(C)[NH3+].CCC(C)[NH3+].CCC(C)[NH3+].FB(F)F.FB(F)F.FB(F)F.[Br-].[Br-].[Br-].[F-].[F-].[F-].[I-].[I-].[I-].[NH4+]. The van der Waals surface area contributed by atoms with Gasteiger partial charge in [-0.1, -0.05) is 55.4 Å². The number of carbonyl (C=O) groups excluding carboxylic acids is 1. The zero-order valence-electron chi connectivity index (χ0n) is 50.4. The lowest BCUT2D eigenvalue weighted by Crippen LogP contribution is -3.00. The van der Waals surface area contributed by atoms with Crippen LogP contribution in [0.2, 0.25) is 0 Å². The van der Waals surface area contributed by atoms with Crippen LogP contribution in [-0.4, -0.2) is 81.5 Å². The van der Waals surface area contributed by atoms with Crippen LogP contribution in [0.25, 0.3) is 0 Å². The Balaban J connectivity index is -0.0000000160. The third-order valence-corrected chi connectivity index (χ3v) is 4.96. The summed E-state index contributed by atoms with van der Waals surface area (Å²) in [6.07, 6.45) is 7.06. The first-order valence-electron chi connectivity index (χ1n) is 22.1. The Morgan fingerprint density at radius 1 is 0.425 bits per heavy atom. The molecular formula is C40H121B3Br3F12I3N10O2. The average molecular weight is 1660 g/mol. The summed E-state index contributed by atoms with van der Waals surface area (Å²) in [6.45, 7) is 49.3. The number of aliphatic carboxylic acids is 1. The molecule has 12 nitrogen and oxygen atoms in total. The maximum absolute atomic E-state index is 9.67. The van der Waals surface area contributed by atoms with Crippen molar-refractivity contribution in [2.75, 3.05) is 0 Å². The standard InChI is InChI=1S/3C5H13N.3C4H11N.3C3H9N.C2H4O2.C2H6.3BF3.3BrH.3FH.3HI.H3N/c3*1-4-5(2,3)6;3*1-3-4(2)5;3*1-3(2)4;1-2(3)4;1-2;3*2-1(3)4;;;;;;;;;;/h3*4,6H2,1-3H3;3*4H,3,5H2,1-2H3;3*3H,4H2,1-2H3;1H3,(H,3,4);1-2H3;;;;9*1H;1H3. The van der Waals surface area contributed by atoms with E-state index >= 15 is 0 Å². The van der Waals surface area contributed by atoms with E-state index in [1.54, 1.807) is 0 Å². The van der Waals surface area contributed by atoms with Crippen LogP contribution >= 0.6 is 0 Å². The van der Waals surface area contributed by atoms with Crippen LogP contribution in [0.3, 0.4) is 0 Å². The molecule has 0 aromatic rings. The monoisotopic (exact) mass is 1650 g/mol. The molecular weight excluding hydrogens is 1530 g/mol. The van der Waals surface area contributed by atoms with E-state index in [2.05, 4.69) is 197 Å². The van der Waals surface area contributed by atoms with Crippen LogP contribution in [0.15, 0.2) is 0 Å². The van der Waals surface area contributed by atoms with Crippen molar-refractivity contribution >= 4 is 28.6 Å². The summed E-state index contributed by atoms with van der Waals surface area (Å²) in [4.78, 5) is 8.89. The van der Waals surface area contributed by atoms with E-state index in [1.807, 2.05) is 13.8 Å². The summed E-state index contributed by atoms with van der Waals surface area (Å²) >= 11 is 0. The molecule has 73 heavy (non-hydrogen) atoms. The van der Waals surface area contributed by atoms with Gasteiger partial charge in [-0.25, -0.2) is 0 Å². The first-order valence-corrected chi connectivity index (χ1v) is 22.1. The highest BCUT2D eigenvalue weighted by Crippen LogP contribution is 1.97. The average Bonchev–Trinajstić information content (AvgIpc) is 3.04. The van der Waals surface area contributed by atoms with E-state index in [0.717, 1.165) is 26.2 Å². The normalized spacial score (nSPS) is 9.05. The van der Waals surface area contributed by atoms with Gasteiger partial charge in [-0.15, -0.1) is 0 Å². The van der Waals surface area contributed by atoms with Crippen LogP contribution < -0.4 is 200 Å². The Morgan fingerprint density at radius 2 is 0.452 bits per heavy atom. The predicted molar refractivity (Wildman–Crippen MR) is 259 cm³/mol. The van der Waals surface area contributed by atoms with Gasteiger partial charge in [-0.05, 0) is 149 Å². The van der Waals surface area contributed by atoms with Gasteiger partial charge in [0.1, 0.15) is 0 Å². The molecule has 0 radical (unpaired) electrons. The summed E-state index contributed by atoms with van der Waals surface area (Å²) in [5, 5.41) is 8.89. The second-order valence-electron chi connectivity index (χ2n) is 17.5. The van der Waals surface area contributed by atoms with Gasteiger partial charge in [0.15, 0.2) is 0 Å². The number of halogens is 18. The van der Waals surface area contributed by atoms with Crippen molar-refractivity contribution in [1.82, 2.24) is 6.15 Å². The Morgan fingerprint density at radius 3 is 0.452 bits per heavy atom. The molecule has 0 fully saturated rings. The number of carbonyl (C=O) groups is 1. The fourth-order valence-corrected chi connectivity index (χ4v) is 0. The van der Waals surface area contributed by atoms with Crippen LogP contribution in [0.5, 0.6) is 0 Å². The molecule has 3 unspecified atom stereocenters. The highest BCUT2D eigenvalue weighted by atomic mass is 127. The van der Waals surface area contributed by atoms with E-state index in [-0.39, 0.29) is 143 Å². The minimum Gasteiger partial charge on any atom is -1.00 e. The summed E-state index contributed by atoms with van der Waals surface area (Å²) in [5.74, 6) is -1.08. The van der Waals surface area contributed by atoms with E-state index in [4.69, 9.17) is 9.90 Å². The number of carboxylic acid groups (broad SMARTS) is 1. The number of rotatable bonds is 6. The molecule has 31 N–H and O–H groups in total. The van der Waals surface area contributed by atoms with Gasteiger partial charge < -0.3 is 205 Å². The van der Waals surface area contributed by atoms with Crippen molar-refractivity contribution in [3.05, 3.63) is 0 Å². The first kappa shape index (κ1) is 158. The van der Waals surface area contributed by atoms with Crippen LogP contribution in [-0.2, 0) is 4.79 Å². The summed E-state index contributed by atoms with van der Waals surface area (Å²) < 4.78 is 87.0. The fourth-order valence-electron chi connectivity index (χ4n) is 0. The van der Waals surface area contributed by atoms with Gasteiger partial charge in [0.25, 0.3) is 0 Å². The Hall–Kier alpha value is 2.05. The second kappa shape index (κ2) is 126. The minimum absolute atomic E-state index is 0. The smallest absolute Gasteiger partial charge is 0.762 e. The quantitative estimate of drug-likeness (QED) is 0.0705. The molecule has 0 saturated carbocycles. The molecule has 0 aliphatic carbocycles. The van der Waals surface area contributed by atoms with E-state index in [0.29, 0.717) is 52.9 Å². The molecule has 0 saturated heterocycles. The van der Waals surface area contributed by atoms with Gasteiger partial charge in [-0.2, -0.15) is 0 Å². The lowest BCUT2D eigenvalue weighted by molar-refractivity contribution is -0.466. The van der Waals surface area contributed by atoms with Crippen LogP contribution in [0.4, 0.5) is 38.8 Å². The van der Waals surface area contributed by atoms with Crippen molar-refractivity contribution in [2.45, 2.75) is 258 Å². The first-order chi connectivity index (χ1) is 27.6. The topological polar surface area (TPSA) is 325 Å². The highest BCUT2D eigenvalue weighted by molar-refractivity contribution is 6.33. The molecule has 33 heteroatoms. The fraction of sp³-hybridized carbons (Fsp3) is 0.975. The van der Waals surface area contributed by atoms with Gasteiger partial charge >= 0.3 is 22.6 Å². The van der Waals surface area contributed by atoms with E-state index in [1.165, 1.54) is 19.3 Å². The Bertz CT molecular complexity index is 642. The van der Waals surface area contributed by atoms with Gasteiger partial charge in [-0.3, -0.25) is 38.8 Å². The van der Waals surface area contributed by atoms with Crippen molar-refractivity contribution in [2.24, 2.45) is 0 Å². The zero-order valence-corrected chi connectivity index (χ0v) is 61.7. The van der Waals surface area contributed by atoms with Crippen LogP contribution in [0, 0.1) is 0 Å². The van der Waals surface area contributed by atoms with Gasteiger partial charge in [0.05, 0.1) is 52.9 Å². The molecule has 3 atom stereocenters. The lowest BCUT2D eigenvalue weighted by atomic mass is 10.1. The zero-order chi connectivity index (χ0) is 55.5. The second-order valence-corrected chi connectivity index (χ2v) is 17.5. The maximum atomic E-state index is 9.67. The van der Waals surface area contributed by atoms with Crippen molar-refractivity contribution in [3.8, 4) is 0 Å². The third kappa shape index (κ3) is 1320. The number of carboxylic acids is 1. The lowest BCUT2D eigenvalue weighted by Gasteiger charge is -2.08. The Kier molecular flexibility index (Phi) is 272. The molecule has 0 aliphatic rings. The van der Waals surface area contributed by atoms with Crippen LogP contribution in [0.1, 0.15) is 205 Å². The molecule has 0 spiro atoms. The minimum atomic E-state index is -3.67. The molecule has 0 heterocycles. The molecule has 478 valence electrons. The maximum Gasteiger partial charge on any atom is 0.762 e. The largest absolute Gasteiger partial charge is 1.00 e. The predicted octanol–water partition coefficient (Wildman–Crippen LogP) is -23.9. The summed E-state index contributed by atoms with van der Waals surface area (Å²) in [6, 6.07) is 3.65. The molecule has 0 rings (SSSR count). The van der Waals surface area contributed by atoms with E-state index in [9.17, 15) is 38.8 Å². The summed E-state index contributed by atoms with van der Waals surface area (Å²) in [7, 11) is -11.0. The van der Waals surface area contributed by atoms with Crippen molar-refractivity contribution in [1.29, 1.82) is 0 Å². The third-order valence-electron chi connectivity index (χ3n) is 4.96. The summed E-state index contributed by atoms with van der Waals surface area (Å²) in [5.41, 5.74) is 34.7. The van der Waals surface area contributed by atoms with Gasteiger partial charge in [0, 0.05) is 5.97 Å². The molecule has 0 bridgehead atoms. The molecule has 0 amide bonds. The van der Waals surface area contributed by atoms with Gasteiger partial charge in [0.2, 0.25) is 0 Å². The number of quaternary nitrogens is 10. The van der Waals surface area contributed by atoms with E-state index < -0.39 is 28.6 Å². The highest BCUT2D eigenvalue weighted by Gasteiger charge is 2.10. The Labute approximate surface area is 525 Å². The molecule has 0 aromatic heterocycles. The number of hydrogen-bond acceptors (Lipinski definition) is 2. The number of hydrogen-bond donors (Lipinski definition) is 10.